The standard InChI is InChI=1S/C19H24F2O/c1-3-5-14-6-8-15(9-7-14)10-11-16-12-13-17(22-4-2)19(21)18(16)20/h6,8,10-15H,3-5,7,9H2,1-2H3. The summed E-state index contributed by atoms with van der Waals surface area (Å²) in [6.45, 7) is 4.26. The molecule has 0 aromatic heterocycles. The van der Waals surface area contributed by atoms with Crippen molar-refractivity contribution >= 4 is 6.08 Å². The van der Waals surface area contributed by atoms with Gasteiger partial charge in [0.25, 0.3) is 0 Å². The number of allylic oxidation sites excluding steroid dienone is 3. The first-order valence-electron chi connectivity index (χ1n) is 8.13. The van der Waals surface area contributed by atoms with Gasteiger partial charge in [-0.1, -0.05) is 37.6 Å². The second kappa shape index (κ2) is 8.11. The van der Waals surface area contributed by atoms with Crippen LogP contribution in [0.4, 0.5) is 8.78 Å². The highest BCUT2D eigenvalue weighted by Crippen LogP contribution is 2.28. The third-order valence-electron chi connectivity index (χ3n) is 4.06. The SMILES string of the molecule is CCCC1C=CC(C=Cc2ccc(OCC)c(F)c2F)CC1. The molecule has 2 atom stereocenters. The first-order chi connectivity index (χ1) is 10.7. The largest absolute Gasteiger partial charge is 0.491 e. The van der Waals surface area contributed by atoms with E-state index in [-0.39, 0.29) is 11.3 Å². The van der Waals surface area contributed by atoms with Crippen molar-refractivity contribution in [2.45, 2.75) is 39.5 Å². The van der Waals surface area contributed by atoms with Crippen LogP contribution in [0.2, 0.25) is 0 Å². The molecule has 0 aliphatic heterocycles. The van der Waals surface area contributed by atoms with E-state index in [9.17, 15) is 8.78 Å². The van der Waals surface area contributed by atoms with Crippen molar-refractivity contribution in [3.8, 4) is 5.75 Å². The van der Waals surface area contributed by atoms with Crippen LogP contribution in [0.3, 0.4) is 0 Å². The Labute approximate surface area is 131 Å². The van der Waals surface area contributed by atoms with Gasteiger partial charge in [0, 0.05) is 5.56 Å². The molecule has 120 valence electrons. The highest BCUT2D eigenvalue weighted by atomic mass is 19.2. The highest BCUT2D eigenvalue weighted by Gasteiger charge is 2.15. The maximum Gasteiger partial charge on any atom is 0.201 e. The lowest BCUT2D eigenvalue weighted by molar-refractivity contribution is 0.314. The molecule has 0 spiro atoms. The zero-order valence-corrected chi connectivity index (χ0v) is 13.3. The summed E-state index contributed by atoms with van der Waals surface area (Å²) in [4.78, 5) is 0. The molecule has 2 rings (SSSR count). The fourth-order valence-corrected chi connectivity index (χ4v) is 2.84. The molecule has 0 heterocycles. The molecule has 0 amide bonds. The summed E-state index contributed by atoms with van der Waals surface area (Å²) in [6.07, 6.45) is 12.7. The lowest BCUT2D eigenvalue weighted by atomic mass is 9.86. The minimum atomic E-state index is -0.911. The fourth-order valence-electron chi connectivity index (χ4n) is 2.84. The van der Waals surface area contributed by atoms with Crippen LogP contribution < -0.4 is 4.74 Å². The maximum absolute atomic E-state index is 14.0. The van der Waals surface area contributed by atoms with Crippen LogP contribution in [-0.4, -0.2) is 6.61 Å². The number of hydrogen-bond donors (Lipinski definition) is 0. The highest BCUT2D eigenvalue weighted by molar-refractivity contribution is 5.52. The Kier molecular flexibility index (Phi) is 6.17. The third-order valence-corrected chi connectivity index (χ3v) is 4.06. The molecule has 0 radical (unpaired) electrons. The Morgan fingerprint density at radius 2 is 1.95 bits per heavy atom. The lowest BCUT2D eigenvalue weighted by Crippen LogP contribution is -2.06. The second-order valence-electron chi connectivity index (χ2n) is 5.75. The molecule has 0 bridgehead atoms. The number of rotatable bonds is 6. The van der Waals surface area contributed by atoms with E-state index in [1.807, 2.05) is 6.08 Å². The van der Waals surface area contributed by atoms with Crippen molar-refractivity contribution in [2.24, 2.45) is 11.8 Å². The molecule has 1 aliphatic rings. The van der Waals surface area contributed by atoms with Gasteiger partial charge >= 0.3 is 0 Å². The summed E-state index contributed by atoms with van der Waals surface area (Å²) < 4.78 is 32.8. The summed E-state index contributed by atoms with van der Waals surface area (Å²) in [5.74, 6) is -0.800. The summed E-state index contributed by atoms with van der Waals surface area (Å²) >= 11 is 0. The van der Waals surface area contributed by atoms with Gasteiger partial charge in [-0.15, -0.1) is 0 Å². The average Bonchev–Trinajstić information content (AvgIpc) is 2.53. The third kappa shape index (κ3) is 4.19. The van der Waals surface area contributed by atoms with Crippen LogP contribution in [-0.2, 0) is 0 Å². The summed E-state index contributed by atoms with van der Waals surface area (Å²) in [5.41, 5.74) is 0.269. The Bertz CT molecular complexity index is 549. The van der Waals surface area contributed by atoms with Crippen LogP contribution in [0.15, 0.2) is 30.4 Å². The quantitative estimate of drug-likeness (QED) is 0.607. The summed E-state index contributed by atoms with van der Waals surface area (Å²) in [7, 11) is 0. The lowest BCUT2D eigenvalue weighted by Gasteiger charge is -2.20. The fraction of sp³-hybridized carbons (Fsp3) is 0.474. The predicted octanol–water partition coefficient (Wildman–Crippen LogP) is 5.76. The van der Waals surface area contributed by atoms with Crippen LogP contribution in [0.1, 0.15) is 45.1 Å². The van der Waals surface area contributed by atoms with Crippen LogP contribution in [0.25, 0.3) is 6.08 Å². The molecule has 3 heteroatoms. The van der Waals surface area contributed by atoms with Crippen molar-refractivity contribution < 1.29 is 13.5 Å². The number of halogens is 2. The van der Waals surface area contributed by atoms with Crippen LogP contribution in [0, 0.1) is 23.5 Å². The number of hydrogen-bond acceptors (Lipinski definition) is 1. The Balaban J connectivity index is 2.05. The van der Waals surface area contributed by atoms with E-state index < -0.39 is 11.6 Å². The molecule has 1 aliphatic carbocycles. The molecular formula is C19H24F2O. The van der Waals surface area contributed by atoms with E-state index in [0.29, 0.717) is 18.4 Å². The predicted molar refractivity (Wildman–Crippen MR) is 86.8 cm³/mol. The number of ether oxygens (including phenoxy) is 1. The molecule has 0 fully saturated rings. The Morgan fingerprint density at radius 3 is 2.59 bits per heavy atom. The molecule has 0 saturated heterocycles. The normalized spacial score (nSPS) is 21.5. The van der Waals surface area contributed by atoms with Gasteiger partial charge in [0.1, 0.15) is 0 Å². The molecule has 2 unspecified atom stereocenters. The van der Waals surface area contributed by atoms with Gasteiger partial charge < -0.3 is 4.74 Å². The maximum atomic E-state index is 14.0. The van der Waals surface area contributed by atoms with E-state index in [2.05, 4.69) is 19.1 Å². The van der Waals surface area contributed by atoms with Gasteiger partial charge in [-0.25, -0.2) is 4.39 Å². The first-order valence-corrected chi connectivity index (χ1v) is 8.13. The molecule has 0 saturated carbocycles. The smallest absolute Gasteiger partial charge is 0.201 e. The molecule has 1 nitrogen and oxygen atoms in total. The van der Waals surface area contributed by atoms with Crippen LogP contribution >= 0.6 is 0 Å². The monoisotopic (exact) mass is 306 g/mol. The van der Waals surface area contributed by atoms with Crippen molar-refractivity contribution in [2.75, 3.05) is 6.61 Å². The van der Waals surface area contributed by atoms with Gasteiger partial charge in [-0.2, -0.15) is 4.39 Å². The number of benzene rings is 1. The Morgan fingerprint density at radius 1 is 1.14 bits per heavy atom. The van der Waals surface area contributed by atoms with Gasteiger partial charge in [0.15, 0.2) is 11.6 Å². The van der Waals surface area contributed by atoms with E-state index in [4.69, 9.17) is 4.74 Å². The van der Waals surface area contributed by atoms with Gasteiger partial charge in [-0.3, -0.25) is 0 Å². The summed E-state index contributed by atoms with van der Waals surface area (Å²) in [5, 5.41) is 0. The van der Waals surface area contributed by atoms with Crippen LogP contribution in [0.5, 0.6) is 5.75 Å². The first kappa shape index (κ1) is 16.7. The minimum Gasteiger partial charge on any atom is -0.491 e. The molecule has 0 N–H and O–H groups in total. The van der Waals surface area contributed by atoms with E-state index in [1.165, 1.54) is 25.3 Å². The van der Waals surface area contributed by atoms with E-state index in [1.54, 1.807) is 19.1 Å². The second-order valence-corrected chi connectivity index (χ2v) is 5.75. The van der Waals surface area contributed by atoms with Crippen molar-refractivity contribution in [3.63, 3.8) is 0 Å². The van der Waals surface area contributed by atoms with E-state index in [0.717, 1.165) is 6.42 Å². The van der Waals surface area contributed by atoms with Crippen molar-refractivity contribution in [3.05, 3.63) is 47.6 Å². The zero-order valence-electron chi connectivity index (χ0n) is 13.3. The average molecular weight is 306 g/mol. The van der Waals surface area contributed by atoms with Gasteiger partial charge in [0.05, 0.1) is 6.61 Å². The summed E-state index contributed by atoms with van der Waals surface area (Å²) in [6, 6.07) is 3.04. The topological polar surface area (TPSA) is 9.23 Å². The van der Waals surface area contributed by atoms with Gasteiger partial charge in [-0.05, 0) is 50.2 Å². The molecule has 1 aromatic rings. The van der Waals surface area contributed by atoms with E-state index >= 15 is 0 Å². The molecular weight excluding hydrogens is 282 g/mol. The zero-order chi connectivity index (χ0) is 15.9. The molecule has 22 heavy (non-hydrogen) atoms. The van der Waals surface area contributed by atoms with Crippen molar-refractivity contribution in [1.29, 1.82) is 0 Å². The Hall–Kier alpha value is -1.64. The van der Waals surface area contributed by atoms with Gasteiger partial charge in [0.2, 0.25) is 5.82 Å². The van der Waals surface area contributed by atoms with Crippen molar-refractivity contribution in [1.82, 2.24) is 0 Å². The minimum absolute atomic E-state index is 0.0304. The molecule has 1 aromatic carbocycles.